The molecule has 0 bridgehead atoms. The first kappa shape index (κ1) is 84.8. The minimum atomic E-state index is -3.92. The summed E-state index contributed by atoms with van der Waals surface area (Å²) in [5.74, 6) is -1.53. The number of rotatable bonds is 19. The Bertz CT molecular complexity index is 5920. The molecule has 610 valence electrons. The van der Waals surface area contributed by atoms with E-state index in [4.69, 9.17) is 0 Å². The molecule has 32 nitrogen and oxygen atoms in total. The summed E-state index contributed by atoms with van der Waals surface area (Å²) in [5.41, 5.74) is 3.57. The van der Waals surface area contributed by atoms with Crippen molar-refractivity contribution in [2.24, 2.45) is 51.9 Å². The number of Topliss-reactive ketones (excluding diaryl/α,β-unsaturated/α-hetero) is 2. The van der Waals surface area contributed by atoms with Crippen LogP contribution >= 0.6 is 15.9 Å². The molecule has 37 heteroatoms. The molecule has 0 radical (unpaired) electrons. The number of H-pyrrole nitrogens is 1. The molecule has 16 rings (SSSR count). The molecule has 0 unspecified atom stereocenters. The largest absolute Gasteiger partial charge is 0.386 e. The SMILES string of the molecule is CC(=O)c1ccc(CBr)nc1.CC(=O)c1ccc(Cn2c(=O)c3c(ncn3CC3CC3)n(C)c2=O)nc1.C[Si](C)(C)C(F)(F)F.Cn1c(=O)[nH]c(=O)c2c1ncn2CC1CC1.Cn1c(=O)n(Cc2ccc(C(C)(C)O)cn2)c(=O)c2c1ncn2CC1CC1.Cn1c(=O)n(Cc2ccc(C(C)(C)O)cn2)c(=O)c2c1ncn2CC1CC1. The fourth-order valence-corrected chi connectivity index (χ4v) is 12.5. The first-order valence-corrected chi connectivity index (χ1v) is 42.2. The molecule has 4 fully saturated rings. The van der Waals surface area contributed by atoms with Crippen LogP contribution in [0.15, 0.2) is 137 Å². The number of hydrogen-bond acceptors (Lipinski definition) is 20. The van der Waals surface area contributed by atoms with Gasteiger partial charge in [-0.25, -0.2) is 39.1 Å². The van der Waals surface area contributed by atoms with E-state index >= 15 is 0 Å². The first-order valence-electron chi connectivity index (χ1n) is 37.6. The number of aliphatic hydroxyl groups is 2. The van der Waals surface area contributed by atoms with E-state index in [-0.39, 0.29) is 53.4 Å². The van der Waals surface area contributed by atoms with Gasteiger partial charge in [0.15, 0.2) is 64.3 Å². The number of nitrogens with one attached hydrogen (secondary N) is 1. The second-order valence-electron chi connectivity index (χ2n) is 31.8. The summed E-state index contributed by atoms with van der Waals surface area (Å²) in [4.78, 5) is 158. The maximum absolute atomic E-state index is 13.0. The lowest BCUT2D eigenvalue weighted by molar-refractivity contribution is -0.0552. The molecule has 12 aromatic rings. The third kappa shape index (κ3) is 20.2. The van der Waals surface area contributed by atoms with Crippen molar-refractivity contribution >= 4 is 80.2 Å². The lowest BCUT2D eigenvalue weighted by atomic mass is 10.0. The third-order valence-electron chi connectivity index (χ3n) is 20.3. The van der Waals surface area contributed by atoms with E-state index < -0.39 is 47.8 Å². The van der Waals surface area contributed by atoms with E-state index in [9.17, 15) is 71.3 Å². The second-order valence-corrected chi connectivity index (χ2v) is 37.5. The number of aromatic nitrogens is 20. The lowest BCUT2D eigenvalue weighted by Gasteiger charge is -2.19. The fraction of sp³-hybridized carbons (Fsp3) is 0.462. The van der Waals surface area contributed by atoms with Crippen molar-refractivity contribution in [3.05, 3.63) is 227 Å². The van der Waals surface area contributed by atoms with Crippen LogP contribution in [0.4, 0.5) is 13.2 Å². The lowest BCUT2D eigenvalue weighted by Crippen LogP contribution is -2.40. The Morgan fingerprint density at radius 1 is 0.443 bits per heavy atom. The quantitative estimate of drug-likeness (QED) is 0.0404. The molecular formula is C78H94BrF3N20O12Si. The highest BCUT2D eigenvalue weighted by atomic mass is 79.9. The number of fused-ring (bicyclic) bond motifs is 4. The molecule has 3 N–H and O–H groups in total. The summed E-state index contributed by atoms with van der Waals surface area (Å²) in [6.07, 6.45) is 22.2. The summed E-state index contributed by atoms with van der Waals surface area (Å²) in [6, 6.07) is 13.9. The smallest absolute Gasteiger partial charge is 0.360 e. The van der Waals surface area contributed by atoms with E-state index in [1.54, 1.807) is 142 Å². The van der Waals surface area contributed by atoms with Crippen LogP contribution in [0.2, 0.25) is 19.6 Å². The van der Waals surface area contributed by atoms with E-state index in [2.05, 4.69) is 60.8 Å². The Kier molecular flexibility index (Phi) is 25.2. The van der Waals surface area contributed by atoms with Crippen LogP contribution in [0.5, 0.6) is 0 Å². The molecule has 4 aliphatic carbocycles. The highest BCUT2D eigenvalue weighted by molar-refractivity contribution is 9.08. The fourth-order valence-electron chi connectivity index (χ4n) is 12.1. The van der Waals surface area contributed by atoms with Crippen molar-refractivity contribution in [3.8, 4) is 0 Å². The monoisotopic (exact) mass is 1670 g/mol. The first-order chi connectivity index (χ1) is 54.1. The van der Waals surface area contributed by atoms with Crippen LogP contribution in [0.1, 0.15) is 148 Å². The molecule has 0 atom stereocenters. The van der Waals surface area contributed by atoms with Crippen LogP contribution < -0.4 is 45.0 Å². The van der Waals surface area contributed by atoms with Gasteiger partial charge in [-0.15, -0.1) is 0 Å². The van der Waals surface area contributed by atoms with Crippen LogP contribution in [0.3, 0.4) is 0 Å². The molecule has 115 heavy (non-hydrogen) atoms. The van der Waals surface area contributed by atoms with E-state index in [0.717, 1.165) is 75.7 Å². The van der Waals surface area contributed by atoms with Gasteiger partial charge in [0.05, 0.1) is 78.9 Å². The normalized spacial score (nSPS) is 14.3. The maximum Gasteiger partial charge on any atom is 0.360 e. The van der Waals surface area contributed by atoms with Gasteiger partial charge in [0.1, 0.15) is 0 Å². The average Bonchev–Trinajstić information content (AvgIpc) is 1.64. The molecule has 4 saturated carbocycles. The average molecular weight is 1670 g/mol. The van der Waals surface area contributed by atoms with Gasteiger partial charge in [0, 0.05) is 107 Å². The number of aromatic amines is 1. The number of hydrogen-bond donors (Lipinski definition) is 3. The topological polar surface area (TPSA) is 384 Å². The summed E-state index contributed by atoms with van der Waals surface area (Å²) < 4.78 is 51.4. The number of alkyl halides is 4. The number of aryl methyl sites for hydroxylation is 4. The molecule has 0 spiro atoms. The highest BCUT2D eigenvalue weighted by Crippen LogP contribution is 2.34. The molecule has 0 saturated heterocycles. The number of pyridine rings is 4. The van der Waals surface area contributed by atoms with Gasteiger partial charge in [-0.2, -0.15) is 13.2 Å². The number of ketones is 2. The number of halogens is 4. The van der Waals surface area contributed by atoms with Gasteiger partial charge in [0.2, 0.25) is 0 Å². The molecule has 4 aliphatic rings. The molecule has 0 amide bonds. The van der Waals surface area contributed by atoms with Crippen molar-refractivity contribution in [1.29, 1.82) is 0 Å². The van der Waals surface area contributed by atoms with E-state index in [0.29, 0.717) is 108 Å². The predicted molar refractivity (Wildman–Crippen MR) is 431 cm³/mol. The Morgan fingerprint density at radius 3 is 0.965 bits per heavy atom. The van der Waals surface area contributed by atoms with Crippen LogP contribution in [-0.2, 0) is 90.5 Å². The Labute approximate surface area is 664 Å². The van der Waals surface area contributed by atoms with Gasteiger partial charge in [-0.3, -0.25) is 85.7 Å². The van der Waals surface area contributed by atoms with E-state index in [1.807, 2.05) is 24.3 Å². The van der Waals surface area contributed by atoms with Crippen molar-refractivity contribution < 1.29 is 33.0 Å². The standard InChI is InChI=1S/2C19H23N5O3.C18H19N5O3.C10H12N4O2.C8H8BrNO.C4H9F3Si/c2*1-19(2,27)13-6-7-14(20-8-13)10-24-17(25)15-16(22(3)18(24)26)21-11-23(15)9-12-4-5-12;1-11(24)13-5-6-14(19-7-13)9-23-17(25)15-16(21(2)18(23)26)20-10-22(15)8-12-3-4-12;1-13-8-7(9(15)12-10(13)16)14(5-11-8)4-6-2-3-6;1-6(11)7-2-3-8(4-9)10-5-7;1-8(2,3)4(5,6)7/h2*6-8,11-12,27H,4-5,9-10H2,1-3H3;5-7,10,12H,3-4,8-9H2,1-2H3;5-6H,2-4H2,1H3,(H,12,15,16);2-3,5H,4H2,1H3;1-3H3. The number of nitrogens with zero attached hydrogens (tertiary/aromatic N) is 19. The van der Waals surface area contributed by atoms with Gasteiger partial charge in [0.25, 0.3) is 22.2 Å². The summed E-state index contributed by atoms with van der Waals surface area (Å²) in [6.45, 7) is 16.8. The zero-order chi connectivity index (χ0) is 83.7. The van der Waals surface area contributed by atoms with Crippen LogP contribution in [0.25, 0.3) is 44.7 Å². The highest BCUT2D eigenvalue weighted by Gasteiger charge is 2.45. The summed E-state index contributed by atoms with van der Waals surface area (Å²) in [5, 5.41) is 20.8. The van der Waals surface area contributed by atoms with Gasteiger partial charge < -0.3 is 28.5 Å². The summed E-state index contributed by atoms with van der Waals surface area (Å²) in [7, 11) is 3.61. The maximum atomic E-state index is 13.0. The third-order valence-corrected chi connectivity index (χ3v) is 22.5. The van der Waals surface area contributed by atoms with Crippen molar-refractivity contribution in [2.75, 3.05) is 0 Å². The molecule has 0 aromatic carbocycles. The molecule has 12 heterocycles. The van der Waals surface area contributed by atoms with E-state index in [1.165, 1.54) is 84.5 Å². The van der Waals surface area contributed by atoms with Gasteiger partial charge >= 0.3 is 28.6 Å². The summed E-state index contributed by atoms with van der Waals surface area (Å²) >= 11 is 3.27. The minimum absolute atomic E-state index is 0.0498. The molecule has 12 aromatic heterocycles. The Hall–Kier alpha value is -11.1. The van der Waals surface area contributed by atoms with Crippen LogP contribution in [0, 0.1) is 23.7 Å². The van der Waals surface area contributed by atoms with Crippen molar-refractivity contribution in [2.45, 2.75) is 181 Å². The number of carbonyl (C=O) groups excluding carboxylic acids is 2. The zero-order valence-corrected chi connectivity index (χ0v) is 68.9. The van der Waals surface area contributed by atoms with Crippen LogP contribution in [-0.4, -0.2) is 131 Å². The number of carbonyl (C=O) groups is 2. The second kappa shape index (κ2) is 34.2. The molecular weight excluding hydrogens is 1570 g/mol. The zero-order valence-electron chi connectivity index (χ0n) is 66.3. The van der Waals surface area contributed by atoms with Gasteiger partial charge in [-0.1, -0.05) is 47.7 Å². The molecule has 0 aliphatic heterocycles. The van der Waals surface area contributed by atoms with Crippen molar-refractivity contribution in [3.63, 3.8) is 0 Å². The Morgan fingerprint density at radius 2 is 0.722 bits per heavy atom. The van der Waals surface area contributed by atoms with Crippen molar-refractivity contribution in [1.82, 2.24) is 95.1 Å². The predicted octanol–water partition coefficient (Wildman–Crippen LogP) is 7.35. The van der Waals surface area contributed by atoms with Gasteiger partial charge in [-0.05, 0) is 153 Å². The Balaban J connectivity index is 0.000000142. The number of imidazole rings is 4. The minimum Gasteiger partial charge on any atom is -0.386 e.